The zero-order valence-electron chi connectivity index (χ0n) is 12.6. The summed E-state index contributed by atoms with van der Waals surface area (Å²) in [7, 11) is 0. The van der Waals surface area contributed by atoms with E-state index < -0.39 is 0 Å². The lowest BCUT2D eigenvalue weighted by molar-refractivity contribution is 0.508. The molecule has 21 heavy (non-hydrogen) atoms. The van der Waals surface area contributed by atoms with Gasteiger partial charge in [-0.1, -0.05) is 36.2 Å². The van der Waals surface area contributed by atoms with Gasteiger partial charge >= 0.3 is 0 Å². The minimum absolute atomic E-state index is 0.162. The van der Waals surface area contributed by atoms with E-state index in [-0.39, 0.29) is 5.82 Å². The molecule has 0 bridgehead atoms. The van der Waals surface area contributed by atoms with Gasteiger partial charge in [0, 0.05) is 35.0 Å². The highest BCUT2D eigenvalue weighted by molar-refractivity contribution is 9.10. The highest BCUT2D eigenvalue weighted by Gasteiger charge is 2.11. The number of halogens is 2. The minimum Gasteiger partial charge on any atom is -0.349 e. The monoisotopic (exact) mass is 352 g/mol. The summed E-state index contributed by atoms with van der Waals surface area (Å²) >= 11 is 3.39. The van der Waals surface area contributed by atoms with Gasteiger partial charge < -0.3 is 9.88 Å². The van der Waals surface area contributed by atoms with E-state index in [0.29, 0.717) is 18.2 Å². The van der Waals surface area contributed by atoms with Gasteiger partial charge in [-0.2, -0.15) is 0 Å². The third-order valence-electron chi connectivity index (χ3n) is 3.56. The summed E-state index contributed by atoms with van der Waals surface area (Å²) in [6.45, 7) is 5.82. The maximum atomic E-state index is 13.8. The van der Waals surface area contributed by atoms with Crippen molar-refractivity contribution in [2.75, 3.05) is 6.54 Å². The normalized spacial score (nSPS) is 12.6. The van der Waals surface area contributed by atoms with Gasteiger partial charge in [-0.25, -0.2) is 4.39 Å². The van der Waals surface area contributed by atoms with Crippen LogP contribution < -0.4 is 5.32 Å². The molecule has 0 spiro atoms. The Labute approximate surface area is 134 Å². The van der Waals surface area contributed by atoms with Crippen LogP contribution in [0.25, 0.3) is 0 Å². The molecule has 1 N–H and O–H groups in total. The number of benzene rings is 1. The van der Waals surface area contributed by atoms with Crippen molar-refractivity contribution in [3.05, 3.63) is 58.1 Å². The van der Waals surface area contributed by atoms with E-state index in [4.69, 9.17) is 0 Å². The number of hydrogen-bond acceptors (Lipinski definition) is 1. The topological polar surface area (TPSA) is 17.0 Å². The first kappa shape index (κ1) is 16.2. The maximum Gasteiger partial charge on any atom is 0.128 e. The van der Waals surface area contributed by atoms with Crippen molar-refractivity contribution in [1.82, 2.24) is 9.88 Å². The smallest absolute Gasteiger partial charge is 0.128 e. The van der Waals surface area contributed by atoms with E-state index in [1.807, 2.05) is 16.8 Å². The van der Waals surface area contributed by atoms with E-state index >= 15 is 0 Å². The van der Waals surface area contributed by atoms with Gasteiger partial charge in [0.1, 0.15) is 5.82 Å². The van der Waals surface area contributed by atoms with Crippen molar-refractivity contribution in [2.24, 2.45) is 0 Å². The lowest BCUT2D eigenvalue weighted by Gasteiger charge is -2.15. The summed E-state index contributed by atoms with van der Waals surface area (Å²) in [6, 6.07) is 7.57. The zero-order chi connectivity index (χ0) is 15.2. The molecule has 1 heterocycles. The Bertz CT molecular complexity index is 574. The quantitative estimate of drug-likeness (QED) is 0.750. The van der Waals surface area contributed by atoms with Crippen LogP contribution in [-0.4, -0.2) is 11.1 Å². The van der Waals surface area contributed by atoms with Crippen LogP contribution in [0.2, 0.25) is 0 Å². The highest BCUT2D eigenvalue weighted by Crippen LogP contribution is 2.21. The van der Waals surface area contributed by atoms with Gasteiger partial charge in [0.2, 0.25) is 0 Å². The molecule has 2 rings (SSSR count). The van der Waals surface area contributed by atoms with E-state index in [9.17, 15) is 4.39 Å². The zero-order valence-corrected chi connectivity index (χ0v) is 14.2. The predicted molar refractivity (Wildman–Crippen MR) is 89.0 cm³/mol. The Morgan fingerprint density at radius 1 is 1.29 bits per heavy atom. The third-order valence-corrected chi connectivity index (χ3v) is 4.06. The molecule has 0 saturated carbocycles. The van der Waals surface area contributed by atoms with Crippen molar-refractivity contribution in [2.45, 2.75) is 39.3 Å². The van der Waals surface area contributed by atoms with Crippen molar-refractivity contribution < 1.29 is 4.39 Å². The van der Waals surface area contributed by atoms with Crippen molar-refractivity contribution >= 4 is 15.9 Å². The Hall–Kier alpha value is -1.13. The molecule has 0 aliphatic heterocycles. The second-order valence-electron chi connectivity index (χ2n) is 5.25. The molecule has 2 nitrogen and oxygen atoms in total. The molecule has 0 aliphatic rings. The van der Waals surface area contributed by atoms with Gasteiger partial charge in [-0.05, 0) is 42.8 Å². The Morgan fingerprint density at radius 2 is 2.10 bits per heavy atom. The first-order valence-corrected chi connectivity index (χ1v) is 8.26. The van der Waals surface area contributed by atoms with Crippen LogP contribution in [0, 0.1) is 5.82 Å². The fourth-order valence-electron chi connectivity index (χ4n) is 2.55. The second kappa shape index (κ2) is 7.76. The lowest BCUT2D eigenvalue weighted by atomic mass is 10.1. The molecule has 0 fully saturated rings. The molecule has 114 valence electrons. The largest absolute Gasteiger partial charge is 0.349 e. The van der Waals surface area contributed by atoms with Crippen LogP contribution in [0.1, 0.15) is 43.9 Å². The fourth-order valence-corrected chi connectivity index (χ4v) is 2.96. The SMILES string of the molecule is CCCC(NCC)c1ccn(Cc2cc(Br)ccc2F)c1. The van der Waals surface area contributed by atoms with Gasteiger partial charge in [-0.15, -0.1) is 0 Å². The van der Waals surface area contributed by atoms with Crippen molar-refractivity contribution in [1.29, 1.82) is 0 Å². The summed E-state index contributed by atoms with van der Waals surface area (Å²) in [4.78, 5) is 0. The molecular formula is C17H22BrFN2. The molecular weight excluding hydrogens is 331 g/mol. The molecule has 1 unspecified atom stereocenters. The fraction of sp³-hybridized carbons (Fsp3) is 0.412. The summed E-state index contributed by atoms with van der Waals surface area (Å²) in [5.41, 5.74) is 1.97. The van der Waals surface area contributed by atoms with Crippen LogP contribution >= 0.6 is 15.9 Å². The Morgan fingerprint density at radius 3 is 2.81 bits per heavy atom. The van der Waals surface area contributed by atoms with Gasteiger partial charge in [-0.3, -0.25) is 0 Å². The first-order valence-electron chi connectivity index (χ1n) is 7.47. The van der Waals surface area contributed by atoms with E-state index in [1.165, 1.54) is 11.6 Å². The molecule has 0 saturated heterocycles. The Kier molecular flexibility index (Phi) is 6.00. The van der Waals surface area contributed by atoms with E-state index in [1.54, 1.807) is 6.07 Å². The molecule has 0 amide bonds. The van der Waals surface area contributed by atoms with Crippen LogP contribution in [0.5, 0.6) is 0 Å². The average molecular weight is 353 g/mol. The summed E-state index contributed by atoms with van der Waals surface area (Å²) in [6.07, 6.45) is 6.39. The second-order valence-corrected chi connectivity index (χ2v) is 6.17. The van der Waals surface area contributed by atoms with Crippen LogP contribution in [0.15, 0.2) is 41.1 Å². The number of rotatable bonds is 7. The number of nitrogens with one attached hydrogen (secondary N) is 1. The van der Waals surface area contributed by atoms with Gasteiger partial charge in [0.25, 0.3) is 0 Å². The predicted octanol–water partition coefficient (Wildman–Crippen LogP) is 4.89. The summed E-state index contributed by atoms with van der Waals surface area (Å²) < 4.78 is 16.8. The number of hydrogen-bond donors (Lipinski definition) is 1. The molecule has 0 radical (unpaired) electrons. The molecule has 2 aromatic rings. The van der Waals surface area contributed by atoms with Crippen LogP contribution in [0.4, 0.5) is 4.39 Å². The minimum atomic E-state index is -0.162. The Balaban J connectivity index is 2.13. The highest BCUT2D eigenvalue weighted by atomic mass is 79.9. The summed E-state index contributed by atoms with van der Waals surface area (Å²) in [5, 5.41) is 3.50. The maximum absolute atomic E-state index is 13.8. The van der Waals surface area contributed by atoms with Crippen molar-refractivity contribution in [3.63, 3.8) is 0 Å². The molecule has 1 atom stereocenters. The van der Waals surface area contributed by atoms with Crippen molar-refractivity contribution in [3.8, 4) is 0 Å². The average Bonchev–Trinajstić information content (AvgIpc) is 2.91. The molecule has 0 aliphatic carbocycles. The van der Waals surface area contributed by atoms with E-state index in [0.717, 1.165) is 23.9 Å². The van der Waals surface area contributed by atoms with Gasteiger partial charge in [0.15, 0.2) is 0 Å². The molecule has 4 heteroatoms. The number of aromatic nitrogens is 1. The van der Waals surface area contributed by atoms with E-state index in [2.05, 4.69) is 47.4 Å². The van der Waals surface area contributed by atoms with Gasteiger partial charge in [0.05, 0.1) is 0 Å². The number of nitrogens with zero attached hydrogens (tertiary/aromatic N) is 1. The first-order chi connectivity index (χ1) is 10.1. The molecule has 1 aromatic carbocycles. The van der Waals surface area contributed by atoms with Crippen LogP contribution in [-0.2, 0) is 6.54 Å². The standard InChI is InChI=1S/C17H22BrFN2/c1-3-5-17(20-4-2)13-8-9-21(11-13)12-14-10-15(18)6-7-16(14)19/h6-11,17,20H,3-5,12H2,1-2H3. The summed E-state index contributed by atoms with van der Waals surface area (Å²) in [5.74, 6) is -0.162. The van der Waals surface area contributed by atoms with Crippen LogP contribution in [0.3, 0.4) is 0 Å². The third kappa shape index (κ3) is 4.42. The lowest BCUT2D eigenvalue weighted by Crippen LogP contribution is -2.20. The molecule has 1 aromatic heterocycles.